The third-order valence-corrected chi connectivity index (χ3v) is 8.05. The van der Waals surface area contributed by atoms with Crippen molar-refractivity contribution >= 4 is 43.9 Å². The van der Waals surface area contributed by atoms with Crippen molar-refractivity contribution in [2.24, 2.45) is 0 Å². The van der Waals surface area contributed by atoms with Crippen LogP contribution in [0.4, 0.5) is 0 Å². The zero-order valence-electron chi connectivity index (χ0n) is 23.9. The van der Waals surface area contributed by atoms with E-state index in [9.17, 15) is 0 Å². The molecule has 3 heteroatoms. The van der Waals surface area contributed by atoms with Gasteiger partial charge in [0.05, 0.1) is 11.1 Å². The van der Waals surface area contributed by atoms with Gasteiger partial charge < -0.3 is 8.83 Å². The van der Waals surface area contributed by atoms with Gasteiger partial charge in [0.2, 0.25) is 0 Å². The molecule has 0 fully saturated rings. The minimum atomic E-state index is 0.0170. The van der Waals surface area contributed by atoms with Gasteiger partial charge in [0, 0.05) is 27.9 Å². The number of rotatable bonds is 2. The highest BCUT2D eigenvalue weighted by Crippen LogP contribution is 2.46. The van der Waals surface area contributed by atoms with Crippen LogP contribution in [0.5, 0.6) is 0 Å². The average Bonchev–Trinajstić information content (AvgIpc) is 3.49. The number of hydrogen-bond acceptors (Lipinski definition) is 3. The predicted octanol–water partition coefficient (Wildman–Crippen LogP) is 10.8. The van der Waals surface area contributed by atoms with Gasteiger partial charge in [0.15, 0.2) is 0 Å². The van der Waals surface area contributed by atoms with Crippen LogP contribution in [-0.2, 0) is 10.8 Å². The van der Waals surface area contributed by atoms with Gasteiger partial charge in [-0.25, -0.2) is 0 Å². The molecule has 0 saturated carbocycles. The summed E-state index contributed by atoms with van der Waals surface area (Å²) in [5.74, 6) is 0. The van der Waals surface area contributed by atoms with E-state index in [0.717, 1.165) is 66.3 Å². The van der Waals surface area contributed by atoms with Gasteiger partial charge in [-0.1, -0.05) is 84.0 Å². The topological polar surface area (TPSA) is 39.2 Å². The molecule has 3 heterocycles. The highest BCUT2D eigenvalue weighted by atomic mass is 16.3. The zero-order chi connectivity index (χ0) is 27.8. The molecule has 0 aliphatic heterocycles. The van der Waals surface area contributed by atoms with Gasteiger partial charge in [-0.05, 0) is 75.5 Å². The van der Waals surface area contributed by atoms with Crippen molar-refractivity contribution in [2.75, 3.05) is 0 Å². The summed E-state index contributed by atoms with van der Waals surface area (Å²) in [6.07, 6.45) is 1.89. The maximum Gasteiger partial charge on any atom is 0.147 e. The second-order valence-corrected chi connectivity index (χ2v) is 12.9. The quantitative estimate of drug-likeness (QED) is 0.226. The average molecular weight is 524 g/mol. The first-order valence-corrected chi connectivity index (χ1v) is 14.0. The van der Waals surface area contributed by atoms with E-state index in [1.165, 1.54) is 11.1 Å². The van der Waals surface area contributed by atoms with Crippen LogP contribution in [-0.4, -0.2) is 4.98 Å². The second kappa shape index (κ2) is 8.56. The highest BCUT2D eigenvalue weighted by molar-refractivity contribution is 6.26. The maximum atomic E-state index is 6.73. The van der Waals surface area contributed by atoms with Crippen LogP contribution in [0.3, 0.4) is 0 Å². The van der Waals surface area contributed by atoms with Crippen LogP contribution in [0.25, 0.3) is 66.3 Å². The van der Waals surface area contributed by atoms with Crippen molar-refractivity contribution in [3.05, 3.63) is 102 Å². The summed E-state index contributed by atoms with van der Waals surface area (Å²) in [5, 5.41) is 4.36. The van der Waals surface area contributed by atoms with Gasteiger partial charge in [-0.2, -0.15) is 0 Å². The molecule has 0 saturated heterocycles. The largest absolute Gasteiger partial charge is 0.456 e. The normalized spacial score (nSPS) is 12.8. The molecule has 7 rings (SSSR count). The number of furan rings is 2. The molecule has 0 radical (unpaired) electrons. The Hall–Kier alpha value is -4.37. The van der Waals surface area contributed by atoms with Crippen molar-refractivity contribution in [3.8, 4) is 22.4 Å². The molecule has 0 atom stereocenters. The van der Waals surface area contributed by atoms with Gasteiger partial charge >= 0.3 is 0 Å². The maximum absolute atomic E-state index is 6.73. The Labute approximate surface area is 234 Å². The van der Waals surface area contributed by atoms with E-state index in [1.807, 2.05) is 24.4 Å². The van der Waals surface area contributed by atoms with Crippen LogP contribution in [0.15, 0.2) is 100.0 Å². The molecule has 4 aromatic carbocycles. The monoisotopic (exact) mass is 523 g/mol. The zero-order valence-corrected chi connectivity index (χ0v) is 23.9. The number of pyridine rings is 1. The Morgan fingerprint density at radius 1 is 0.550 bits per heavy atom. The van der Waals surface area contributed by atoms with E-state index in [0.29, 0.717) is 0 Å². The molecule has 0 N–H and O–H groups in total. The van der Waals surface area contributed by atoms with Crippen LogP contribution < -0.4 is 0 Å². The van der Waals surface area contributed by atoms with Crippen molar-refractivity contribution < 1.29 is 8.83 Å². The third kappa shape index (κ3) is 3.92. The summed E-state index contributed by atoms with van der Waals surface area (Å²) in [6.45, 7) is 13.5. The third-order valence-electron chi connectivity index (χ3n) is 8.05. The molecule has 7 aromatic rings. The first-order valence-electron chi connectivity index (χ1n) is 14.0. The molecule has 0 aliphatic rings. The molecule has 40 heavy (non-hydrogen) atoms. The van der Waals surface area contributed by atoms with Gasteiger partial charge in [-0.15, -0.1) is 0 Å². The van der Waals surface area contributed by atoms with Crippen LogP contribution in [0, 0.1) is 0 Å². The van der Waals surface area contributed by atoms with Gasteiger partial charge in [0.25, 0.3) is 0 Å². The predicted molar refractivity (Wildman–Crippen MR) is 167 cm³/mol. The van der Waals surface area contributed by atoms with Crippen molar-refractivity contribution in [1.82, 2.24) is 4.98 Å². The molecule has 0 aliphatic carbocycles. The van der Waals surface area contributed by atoms with Crippen molar-refractivity contribution in [1.29, 1.82) is 0 Å². The molecule has 3 aromatic heterocycles. The lowest BCUT2D eigenvalue weighted by Gasteiger charge is -2.18. The Morgan fingerprint density at radius 3 is 1.82 bits per heavy atom. The summed E-state index contributed by atoms with van der Waals surface area (Å²) in [5.41, 5.74) is 10.2. The second-order valence-electron chi connectivity index (χ2n) is 12.9. The lowest BCUT2D eigenvalue weighted by Crippen LogP contribution is -2.10. The summed E-state index contributed by atoms with van der Waals surface area (Å²) in [7, 11) is 0. The number of fused-ring (bicyclic) bond motifs is 7. The summed E-state index contributed by atoms with van der Waals surface area (Å²) in [6, 6.07) is 29.9. The number of aromatic nitrogens is 1. The minimum Gasteiger partial charge on any atom is -0.456 e. The fourth-order valence-electron chi connectivity index (χ4n) is 5.72. The van der Waals surface area contributed by atoms with Crippen LogP contribution in [0.2, 0.25) is 0 Å². The fourth-order valence-corrected chi connectivity index (χ4v) is 5.72. The Kier molecular flexibility index (Phi) is 5.28. The molecule has 0 unspecified atom stereocenters. The van der Waals surface area contributed by atoms with E-state index < -0.39 is 0 Å². The molecule has 198 valence electrons. The van der Waals surface area contributed by atoms with Gasteiger partial charge in [-0.3, -0.25) is 4.98 Å². The summed E-state index contributed by atoms with van der Waals surface area (Å²) in [4.78, 5) is 4.69. The van der Waals surface area contributed by atoms with Crippen molar-refractivity contribution in [2.45, 2.75) is 52.4 Å². The van der Waals surface area contributed by atoms with Crippen molar-refractivity contribution in [3.63, 3.8) is 0 Å². The SMILES string of the molecule is CC(C)(C)c1ccc2oc3c(c(-c4ccnc(-c5ccccc5)c4)cc4oc5ccc(C(C)(C)C)cc5c43)c2c1. The summed E-state index contributed by atoms with van der Waals surface area (Å²) < 4.78 is 13.2. The van der Waals surface area contributed by atoms with E-state index in [2.05, 4.69) is 108 Å². The molecule has 0 amide bonds. The van der Waals surface area contributed by atoms with Gasteiger partial charge in [0.1, 0.15) is 22.3 Å². The van der Waals surface area contributed by atoms with E-state index in [1.54, 1.807) is 0 Å². The van der Waals surface area contributed by atoms with Crippen LogP contribution >= 0.6 is 0 Å². The molecule has 0 bridgehead atoms. The number of hydrogen-bond donors (Lipinski definition) is 0. The molecular formula is C37H33NO2. The first kappa shape index (κ1) is 24.7. The lowest BCUT2D eigenvalue weighted by atomic mass is 9.85. The summed E-state index contributed by atoms with van der Waals surface area (Å²) >= 11 is 0. The highest BCUT2D eigenvalue weighted by Gasteiger charge is 2.24. The number of benzene rings is 4. The lowest BCUT2D eigenvalue weighted by molar-refractivity contribution is 0.590. The minimum absolute atomic E-state index is 0.0170. The van der Waals surface area contributed by atoms with E-state index >= 15 is 0 Å². The smallest absolute Gasteiger partial charge is 0.147 e. The van der Waals surface area contributed by atoms with E-state index in [4.69, 9.17) is 13.8 Å². The molecule has 0 spiro atoms. The number of nitrogens with zero attached hydrogens (tertiary/aromatic N) is 1. The fraction of sp³-hybridized carbons (Fsp3) is 0.216. The van der Waals surface area contributed by atoms with Crippen LogP contribution in [0.1, 0.15) is 52.7 Å². The Balaban J connectivity index is 1.61. The Morgan fingerprint density at radius 2 is 1.18 bits per heavy atom. The molecule has 3 nitrogen and oxygen atoms in total. The Bertz CT molecular complexity index is 2060. The first-order chi connectivity index (χ1) is 19.1. The van der Waals surface area contributed by atoms with E-state index in [-0.39, 0.29) is 10.8 Å². The standard InChI is InChI=1S/C37H33NO2/c1-36(2,3)24-13-15-31-27(19-24)33-26(23-16-17-38-29(18-23)22-10-8-7-9-11-22)21-32-34(35(33)40-31)28-20-25(37(4,5)6)12-14-30(28)39-32/h7-21H,1-6H3. The molecular weight excluding hydrogens is 490 g/mol.